The van der Waals surface area contributed by atoms with Crippen LogP contribution in [0.15, 0.2) is 28.7 Å². The molecule has 0 amide bonds. The van der Waals surface area contributed by atoms with E-state index in [0.717, 1.165) is 6.08 Å². The highest BCUT2D eigenvalue weighted by Gasteiger charge is 2.11. The number of carboxylic acid groups (broad SMARTS) is 1. The molecule has 0 spiro atoms. The fourth-order valence-electron chi connectivity index (χ4n) is 1.53. The highest BCUT2D eigenvalue weighted by molar-refractivity contribution is 5.84. The van der Waals surface area contributed by atoms with Crippen molar-refractivity contribution < 1.29 is 23.8 Å². The smallest absolute Gasteiger partial charge is 0.328 e. The Morgan fingerprint density at radius 1 is 1.25 bits per heavy atom. The molecule has 1 aromatic heterocycles. The molecule has 1 aromatic carbocycles. The van der Waals surface area contributed by atoms with Gasteiger partial charge in [-0.1, -0.05) is 0 Å². The molecule has 0 saturated carbocycles. The van der Waals surface area contributed by atoms with Crippen molar-refractivity contribution in [3.8, 4) is 23.0 Å². The van der Waals surface area contributed by atoms with Crippen molar-refractivity contribution in [1.29, 1.82) is 0 Å². The van der Waals surface area contributed by atoms with Crippen LogP contribution in [0.1, 0.15) is 5.89 Å². The van der Waals surface area contributed by atoms with Gasteiger partial charge in [0.05, 0.1) is 14.2 Å². The number of nitrogens with zero attached hydrogens (tertiary/aromatic N) is 2. The Hall–Kier alpha value is -2.83. The summed E-state index contributed by atoms with van der Waals surface area (Å²) in [6.45, 7) is 0. The van der Waals surface area contributed by atoms with Gasteiger partial charge >= 0.3 is 5.97 Å². The van der Waals surface area contributed by atoms with E-state index in [0.29, 0.717) is 17.1 Å². The molecule has 2 aromatic rings. The van der Waals surface area contributed by atoms with Gasteiger partial charge in [0, 0.05) is 17.7 Å². The summed E-state index contributed by atoms with van der Waals surface area (Å²) < 4.78 is 15.6. The number of hydrogen-bond donors (Lipinski definition) is 1. The van der Waals surface area contributed by atoms with Crippen molar-refractivity contribution in [3.05, 3.63) is 30.2 Å². The van der Waals surface area contributed by atoms with E-state index in [2.05, 4.69) is 10.2 Å². The number of carboxylic acids is 1. The summed E-state index contributed by atoms with van der Waals surface area (Å²) in [5, 5.41) is 16.1. The van der Waals surface area contributed by atoms with Crippen LogP contribution in [0.25, 0.3) is 17.5 Å². The van der Waals surface area contributed by atoms with Crippen LogP contribution in [0, 0.1) is 0 Å². The topological polar surface area (TPSA) is 94.7 Å². The molecule has 0 aliphatic carbocycles. The highest BCUT2D eigenvalue weighted by atomic mass is 16.5. The summed E-state index contributed by atoms with van der Waals surface area (Å²) >= 11 is 0. The molecular weight excluding hydrogens is 264 g/mol. The number of rotatable bonds is 5. The standard InChI is InChI=1S/C13H12N2O5/c1-18-9-4-3-8(7-10(9)19-2)13-15-14-11(20-13)5-6-12(16)17/h3-7H,1-2H3,(H,16,17)/b6-5+. The molecule has 0 aliphatic heterocycles. The predicted molar refractivity (Wildman–Crippen MR) is 69.5 cm³/mol. The maximum atomic E-state index is 10.4. The van der Waals surface area contributed by atoms with E-state index < -0.39 is 5.97 Å². The molecule has 7 heteroatoms. The Balaban J connectivity index is 2.30. The Bertz CT molecular complexity index is 648. The first-order chi connectivity index (χ1) is 9.63. The van der Waals surface area contributed by atoms with E-state index >= 15 is 0 Å². The monoisotopic (exact) mass is 276 g/mol. The largest absolute Gasteiger partial charge is 0.493 e. The van der Waals surface area contributed by atoms with Gasteiger partial charge in [-0.3, -0.25) is 0 Å². The lowest BCUT2D eigenvalue weighted by atomic mass is 10.2. The average Bonchev–Trinajstić information content (AvgIpc) is 2.93. The lowest BCUT2D eigenvalue weighted by Gasteiger charge is -2.07. The van der Waals surface area contributed by atoms with Crippen molar-refractivity contribution in [2.24, 2.45) is 0 Å². The third-order valence-electron chi connectivity index (χ3n) is 2.44. The molecule has 0 aliphatic rings. The van der Waals surface area contributed by atoms with Crippen LogP contribution in [-0.4, -0.2) is 35.5 Å². The molecule has 1 heterocycles. The molecule has 2 rings (SSSR count). The number of hydrogen-bond acceptors (Lipinski definition) is 6. The summed E-state index contributed by atoms with van der Waals surface area (Å²) in [5.41, 5.74) is 0.644. The van der Waals surface area contributed by atoms with Crippen LogP contribution in [0.5, 0.6) is 11.5 Å². The molecular formula is C13H12N2O5. The maximum absolute atomic E-state index is 10.4. The summed E-state index contributed by atoms with van der Waals surface area (Å²) in [6.07, 6.45) is 2.14. The van der Waals surface area contributed by atoms with Crippen LogP contribution >= 0.6 is 0 Å². The zero-order chi connectivity index (χ0) is 14.5. The van der Waals surface area contributed by atoms with E-state index in [1.54, 1.807) is 25.3 Å². The van der Waals surface area contributed by atoms with E-state index in [1.165, 1.54) is 13.2 Å². The fourth-order valence-corrected chi connectivity index (χ4v) is 1.53. The maximum Gasteiger partial charge on any atom is 0.328 e. The Labute approximate surface area is 114 Å². The number of benzene rings is 1. The van der Waals surface area contributed by atoms with Crippen LogP contribution in [0.2, 0.25) is 0 Å². The van der Waals surface area contributed by atoms with E-state index in [-0.39, 0.29) is 11.8 Å². The lowest BCUT2D eigenvalue weighted by Crippen LogP contribution is -1.90. The van der Waals surface area contributed by atoms with Crippen molar-refractivity contribution in [1.82, 2.24) is 10.2 Å². The van der Waals surface area contributed by atoms with Crippen LogP contribution < -0.4 is 9.47 Å². The number of aromatic nitrogens is 2. The molecule has 0 atom stereocenters. The molecule has 1 N–H and O–H groups in total. The number of carbonyl (C=O) groups is 1. The molecule has 0 fully saturated rings. The van der Waals surface area contributed by atoms with Crippen LogP contribution in [0.4, 0.5) is 0 Å². The fraction of sp³-hybridized carbons (Fsp3) is 0.154. The first kappa shape index (κ1) is 13.6. The van der Waals surface area contributed by atoms with E-state index in [1.807, 2.05) is 0 Å². The van der Waals surface area contributed by atoms with E-state index in [9.17, 15) is 4.79 Å². The second-order valence-corrected chi connectivity index (χ2v) is 3.69. The summed E-state index contributed by atoms with van der Waals surface area (Å²) in [5.74, 6) is 0.400. The first-order valence-corrected chi connectivity index (χ1v) is 5.61. The van der Waals surface area contributed by atoms with Gasteiger partial charge in [0.2, 0.25) is 11.8 Å². The number of ether oxygens (including phenoxy) is 2. The first-order valence-electron chi connectivity index (χ1n) is 5.61. The van der Waals surface area contributed by atoms with E-state index in [4.69, 9.17) is 19.0 Å². The minimum Gasteiger partial charge on any atom is -0.493 e. The zero-order valence-corrected chi connectivity index (χ0v) is 10.9. The molecule has 7 nitrogen and oxygen atoms in total. The van der Waals surface area contributed by atoms with Crippen LogP contribution in [0.3, 0.4) is 0 Å². The van der Waals surface area contributed by atoms with Crippen molar-refractivity contribution >= 4 is 12.0 Å². The van der Waals surface area contributed by atoms with Crippen LogP contribution in [-0.2, 0) is 4.79 Å². The Morgan fingerprint density at radius 2 is 2.00 bits per heavy atom. The minimum atomic E-state index is -1.09. The molecule has 0 unspecified atom stereocenters. The van der Waals surface area contributed by atoms with Gasteiger partial charge in [-0.05, 0) is 18.2 Å². The SMILES string of the molecule is COc1ccc(-c2nnc(/C=C/C(=O)O)o2)cc1OC. The number of methoxy groups -OCH3 is 2. The van der Waals surface area contributed by atoms with Gasteiger partial charge in [0.1, 0.15) is 0 Å². The summed E-state index contributed by atoms with van der Waals surface area (Å²) in [7, 11) is 3.06. The molecule has 0 bridgehead atoms. The van der Waals surface area contributed by atoms with Gasteiger partial charge in [0.15, 0.2) is 11.5 Å². The highest BCUT2D eigenvalue weighted by Crippen LogP contribution is 2.31. The molecule has 0 saturated heterocycles. The van der Waals surface area contributed by atoms with Gasteiger partial charge in [-0.25, -0.2) is 4.79 Å². The molecule has 20 heavy (non-hydrogen) atoms. The third kappa shape index (κ3) is 2.94. The second kappa shape index (κ2) is 5.87. The van der Waals surface area contributed by atoms with Gasteiger partial charge in [-0.2, -0.15) is 0 Å². The number of aliphatic carboxylic acids is 1. The minimum absolute atomic E-state index is 0.109. The predicted octanol–water partition coefficient (Wildman–Crippen LogP) is 1.85. The average molecular weight is 276 g/mol. The third-order valence-corrected chi connectivity index (χ3v) is 2.44. The van der Waals surface area contributed by atoms with Gasteiger partial charge in [0.25, 0.3) is 0 Å². The molecule has 0 radical (unpaired) electrons. The van der Waals surface area contributed by atoms with Crippen molar-refractivity contribution in [2.75, 3.05) is 14.2 Å². The lowest BCUT2D eigenvalue weighted by molar-refractivity contribution is -0.131. The van der Waals surface area contributed by atoms with Crippen molar-refractivity contribution in [3.63, 3.8) is 0 Å². The quantitative estimate of drug-likeness (QED) is 0.832. The van der Waals surface area contributed by atoms with Gasteiger partial charge in [-0.15, -0.1) is 10.2 Å². The normalized spacial score (nSPS) is 10.7. The van der Waals surface area contributed by atoms with Gasteiger partial charge < -0.3 is 19.0 Å². The summed E-state index contributed by atoms with van der Waals surface area (Å²) in [6, 6.07) is 5.14. The summed E-state index contributed by atoms with van der Waals surface area (Å²) in [4.78, 5) is 10.4. The molecule has 104 valence electrons. The van der Waals surface area contributed by atoms with Crippen molar-refractivity contribution in [2.45, 2.75) is 0 Å². The Kier molecular flexibility index (Phi) is 3.99. The second-order valence-electron chi connectivity index (χ2n) is 3.69. The Morgan fingerprint density at radius 3 is 2.65 bits per heavy atom. The zero-order valence-electron chi connectivity index (χ0n) is 10.9.